The van der Waals surface area contributed by atoms with E-state index in [1.165, 1.54) is 0 Å². The van der Waals surface area contributed by atoms with Crippen molar-refractivity contribution in [2.45, 2.75) is 44.7 Å². The molecule has 3 heterocycles. The van der Waals surface area contributed by atoms with Gasteiger partial charge in [0.25, 0.3) is 0 Å². The number of piperidine rings is 3. The Morgan fingerprint density at radius 3 is 2.83 bits per heavy atom. The van der Waals surface area contributed by atoms with E-state index in [1.54, 1.807) is 7.11 Å². The lowest BCUT2D eigenvalue weighted by Gasteiger charge is -2.56. The standard InChI is InChI=1S/C14H25NO3/c1-10(2)6-12-7-11-4-5-15(12)14(8-16,9-18-3)13(11)17/h10-12,16H,4-9H2,1-3H3/t11-,12+,14-/m1/s1. The maximum atomic E-state index is 12.5. The van der Waals surface area contributed by atoms with Crippen LogP contribution in [0, 0.1) is 11.8 Å². The van der Waals surface area contributed by atoms with E-state index in [-0.39, 0.29) is 18.3 Å². The normalized spacial score (nSPS) is 39.6. The number of hydrogen-bond acceptors (Lipinski definition) is 4. The minimum Gasteiger partial charge on any atom is -0.394 e. The molecule has 0 spiro atoms. The summed E-state index contributed by atoms with van der Waals surface area (Å²) < 4.78 is 5.23. The highest BCUT2D eigenvalue weighted by Crippen LogP contribution is 2.41. The van der Waals surface area contributed by atoms with E-state index in [0.29, 0.717) is 18.6 Å². The summed E-state index contributed by atoms with van der Waals surface area (Å²) in [5, 5.41) is 9.77. The first-order chi connectivity index (χ1) is 8.55. The summed E-state index contributed by atoms with van der Waals surface area (Å²) >= 11 is 0. The highest BCUT2D eigenvalue weighted by atomic mass is 16.5. The monoisotopic (exact) mass is 255 g/mol. The highest BCUT2D eigenvalue weighted by Gasteiger charge is 2.56. The Kier molecular flexibility index (Phi) is 4.09. The van der Waals surface area contributed by atoms with Gasteiger partial charge in [0, 0.05) is 25.6 Å². The van der Waals surface area contributed by atoms with Crippen LogP contribution in [0.4, 0.5) is 0 Å². The third-order valence-electron chi connectivity index (χ3n) is 4.48. The first kappa shape index (κ1) is 14.0. The second-order valence-corrected chi connectivity index (χ2v) is 6.19. The van der Waals surface area contributed by atoms with Crippen molar-refractivity contribution in [3.8, 4) is 0 Å². The van der Waals surface area contributed by atoms with Crippen LogP contribution in [0.5, 0.6) is 0 Å². The maximum Gasteiger partial charge on any atom is 0.161 e. The van der Waals surface area contributed by atoms with Crippen LogP contribution < -0.4 is 0 Å². The summed E-state index contributed by atoms with van der Waals surface area (Å²) in [4.78, 5) is 14.7. The number of carbonyl (C=O) groups is 1. The molecule has 0 aromatic heterocycles. The summed E-state index contributed by atoms with van der Waals surface area (Å²) in [5.41, 5.74) is -0.768. The molecule has 104 valence electrons. The van der Waals surface area contributed by atoms with Crippen molar-refractivity contribution in [3.05, 3.63) is 0 Å². The zero-order valence-corrected chi connectivity index (χ0v) is 11.7. The number of carbonyl (C=O) groups excluding carboxylic acids is 1. The molecule has 0 radical (unpaired) electrons. The molecule has 3 aliphatic heterocycles. The molecule has 2 bridgehead atoms. The van der Waals surface area contributed by atoms with Crippen LogP contribution in [-0.4, -0.2) is 54.2 Å². The minimum atomic E-state index is -0.768. The summed E-state index contributed by atoms with van der Waals surface area (Å²) in [6.07, 6.45) is 3.00. The van der Waals surface area contributed by atoms with Crippen LogP contribution in [0.2, 0.25) is 0 Å². The smallest absolute Gasteiger partial charge is 0.161 e. The van der Waals surface area contributed by atoms with Crippen LogP contribution in [0.3, 0.4) is 0 Å². The van der Waals surface area contributed by atoms with Crippen molar-refractivity contribution >= 4 is 5.78 Å². The van der Waals surface area contributed by atoms with Gasteiger partial charge in [-0.15, -0.1) is 0 Å². The molecule has 4 heteroatoms. The number of methoxy groups -OCH3 is 1. The van der Waals surface area contributed by atoms with Crippen molar-refractivity contribution in [2.24, 2.45) is 11.8 Å². The van der Waals surface area contributed by atoms with E-state index in [9.17, 15) is 9.90 Å². The second-order valence-electron chi connectivity index (χ2n) is 6.19. The fourth-order valence-electron chi connectivity index (χ4n) is 3.75. The fourth-order valence-corrected chi connectivity index (χ4v) is 3.75. The summed E-state index contributed by atoms with van der Waals surface area (Å²) in [6.45, 7) is 5.53. The number of Topliss-reactive ketones (excluding diaryl/α,β-unsaturated/α-hetero) is 1. The highest BCUT2D eigenvalue weighted by molar-refractivity contribution is 5.92. The SMILES string of the molecule is COC[C@]1(CO)C(=O)[C@@H]2CCN1[C@@H](CC(C)C)C2. The van der Waals surface area contributed by atoms with E-state index in [1.807, 2.05) is 0 Å². The molecule has 0 aliphatic carbocycles. The lowest BCUT2D eigenvalue weighted by atomic mass is 9.69. The first-order valence-corrected chi connectivity index (χ1v) is 6.96. The van der Waals surface area contributed by atoms with Crippen molar-refractivity contribution in [2.75, 3.05) is 26.9 Å². The van der Waals surface area contributed by atoms with Crippen molar-refractivity contribution in [1.82, 2.24) is 4.90 Å². The van der Waals surface area contributed by atoms with Gasteiger partial charge in [-0.25, -0.2) is 0 Å². The topological polar surface area (TPSA) is 49.8 Å². The number of nitrogens with zero attached hydrogens (tertiary/aromatic N) is 1. The molecular weight excluding hydrogens is 230 g/mol. The van der Waals surface area contributed by atoms with Crippen LogP contribution in [0.25, 0.3) is 0 Å². The number of aliphatic hydroxyl groups excluding tert-OH is 1. The third kappa shape index (κ3) is 2.10. The Labute approximate surface area is 109 Å². The van der Waals surface area contributed by atoms with E-state index in [2.05, 4.69) is 18.7 Å². The summed E-state index contributed by atoms with van der Waals surface area (Å²) in [6, 6.07) is 0.420. The van der Waals surface area contributed by atoms with Gasteiger partial charge in [0.1, 0.15) is 5.54 Å². The molecule has 3 fully saturated rings. The molecule has 1 unspecified atom stereocenters. The largest absolute Gasteiger partial charge is 0.394 e. The predicted octanol–water partition coefficient (Wildman–Crippen LogP) is 1.07. The van der Waals surface area contributed by atoms with Crippen molar-refractivity contribution < 1.29 is 14.6 Å². The Hall–Kier alpha value is -0.450. The number of rotatable bonds is 5. The van der Waals surface area contributed by atoms with E-state index >= 15 is 0 Å². The number of aliphatic hydroxyl groups is 1. The maximum absolute atomic E-state index is 12.5. The zero-order chi connectivity index (χ0) is 13.3. The average molecular weight is 255 g/mol. The van der Waals surface area contributed by atoms with E-state index in [4.69, 9.17) is 4.74 Å². The van der Waals surface area contributed by atoms with Crippen LogP contribution in [0.1, 0.15) is 33.1 Å². The van der Waals surface area contributed by atoms with Crippen molar-refractivity contribution in [1.29, 1.82) is 0 Å². The number of hydrogen-bond donors (Lipinski definition) is 1. The summed E-state index contributed by atoms with van der Waals surface area (Å²) in [5.74, 6) is 0.933. The van der Waals surface area contributed by atoms with Crippen LogP contribution in [-0.2, 0) is 9.53 Å². The Morgan fingerprint density at radius 2 is 2.28 bits per heavy atom. The van der Waals surface area contributed by atoms with Crippen LogP contribution in [0.15, 0.2) is 0 Å². The first-order valence-electron chi connectivity index (χ1n) is 6.96. The number of fused-ring (bicyclic) bond motifs is 3. The Balaban J connectivity index is 2.25. The van der Waals surface area contributed by atoms with Gasteiger partial charge < -0.3 is 9.84 Å². The summed E-state index contributed by atoms with van der Waals surface area (Å²) in [7, 11) is 1.60. The van der Waals surface area contributed by atoms with Gasteiger partial charge in [-0.2, -0.15) is 0 Å². The molecule has 0 aromatic rings. The van der Waals surface area contributed by atoms with Gasteiger partial charge in [-0.05, 0) is 25.2 Å². The molecule has 0 aromatic carbocycles. The minimum absolute atomic E-state index is 0.120. The Morgan fingerprint density at radius 1 is 1.56 bits per heavy atom. The van der Waals surface area contributed by atoms with E-state index < -0.39 is 5.54 Å². The second kappa shape index (κ2) is 5.27. The number of ether oxygens (including phenoxy) is 1. The van der Waals surface area contributed by atoms with Gasteiger partial charge in [0.2, 0.25) is 0 Å². The van der Waals surface area contributed by atoms with Crippen molar-refractivity contribution in [3.63, 3.8) is 0 Å². The lowest BCUT2D eigenvalue weighted by molar-refractivity contribution is -0.167. The molecule has 4 nitrogen and oxygen atoms in total. The molecule has 1 N–H and O–H groups in total. The van der Waals surface area contributed by atoms with Gasteiger partial charge >= 0.3 is 0 Å². The number of ketones is 1. The lowest BCUT2D eigenvalue weighted by Crippen LogP contribution is -2.72. The third-order valence-corrected chi connectivity index (χ3v) is 4.48. The predicted molar refractivity (Wildman–Crippen MR) is 69.4 cm³/mol. The van der Waals surface area contributed by atoms with Gasteiger partial charge in [0.05, 0.1) is 13.2 Å². The van der Waals surface area contributed by atoms with Gasteiger partial charge in [-0.1, -0.05) is 13.8 Å². The fraction of sp³-hybridized carbons (Fsp3) is 0.929. The Bertz CT molecular complexity index is 318. The van der Waals surface area contributed by atoms with Gasteiger partial charge in [0.15, 0.2) is 5.78 Å². The molecular formula is C14H25NO3. The zero-order valence-electron chi connectivity index (χ0n) is 11.7. The molecule has 0 saturated carbocycles. The quantitative estimate of drug-likeness (QED) is 0.798. The van der Waals surface area contributed by atoms with E-state index in [0.717, 1.165) is 25.8 Å². The molecule has 3 saturated heterocycles. The van der Waals surface area contributed by atoms with Crippen LogP contribution >= 0.6 is 0 Å². The molecule has 3 aliphatic rings. The average Bonchev–Trinajstić information content (AvgIpc) is 2.33. The molecule has 0 amide bonds. The molecule has 3 rings (SSSR count). The van der Waals surface area contributed by atoms with Gasteiger partial charge in [-0.3, -0.25) is 9.69 Å². The molecule has 18 heavy (non-hydrogen) atoms. The molecule has 4 atom stereocenters.